The Labute approximate surface area is 142 Å². The molecule has 7 heteroatoms. The summed E-state index contributed by atoms with van der Waals surface area (Å²) in [6, 6.07) is 14.6. The van der Waals surface area contributed by atoms with Crippen LogP contribution in [-0.2, 0) is 10.0 Å². The summed E-state index contributed by atoms with van der Waals surface area (Å²) in [5.41, 5.74) is 0.604. The van der Waals surface area contributed by atoms with Crippen molar-refractivity contribution in [1.29, 1.82) is 0 Å². The largest absolute Gasteiger partial charge is 0.323 e. The van der Waals surface area contributed by atoms with E-state index < -0.39 is 21.6 Å². The number of nitrogens with one attached hydrogen (secondary N) is 3. The molecule has 2 amide bonds. The van der Waals surface area contributed by atoms with Crippen molar-refractivity contribution in [3.63, 3.8) is 0 Å². The first kappa shape index (κ1) is 18.0. The maximum atomic E-state index is 12.2. The fourth-order valence-electron chi connectivity index (χ4n) is 1.99. The third-order valence-electron chi connectivity index (χ3n) is 2.89. The topological polar surface area (TPSA) is 87.3 Å². The molecule has 0 aliphatic carbocycles. The van der Waals surface area contributed by atoms with Gasteiger partial charge in [0.25, 0.3) is 0 Å². The second-order valence-corrected chi connectivity index (χ2v) is 8.01. The highest BCUT2D eigenvalue weighted by Gasteiger charge is 2.21. The molecular weight excluding hydrogens is 326 g/mol. The van der Waals surface area contributed by atoms with Gasteiger partial charge in [0.15, 0.2) is 0 Å². The van der Waals surface area contributed by atoms with Gasteiger partial charge in [0.05, 0.1) is 4.90 Å². The summed E-state index contributed by atoms with van der Waals surface area (Å²) in [6.45, 7) is 5.32. The zero-order chi connectivity index (χ0) is 17.8. The average molecular weight is 347 g/mol. The molecule has 2 aromatic rings. The third kappa shape index (κ3) is 5.36. The Kier molecular flexibility index (Phi) is 5.26. The zero-order valence-corrected chi connectivity index (χ0v) is 14.6. The second kappa shape index (κ2) is 7.02. The molecule has 24 heavy (non-hydrogen) atoms. The maximum Gasteiger partial charge on any atom is 0.323 e. The minimum atomic E-state index is -3.59. The highest BCUT2D eigenvalue weighted by Crippen LogP contribution is 2.16. The Bertz CT molecular complexity index is 795. The first-order valence-electron chi connectivity index (χ1n) is 7.43. The van der Waals surface area contributed by atoms with Crippen molar-refractivity contribution in [2.45, 2.75) is 31.2 Å². The van der Waals surface area contributed by atoms with Crippen molar-refractivity contribution in [2.24, 2.45) is 0 Å². The van der Waals surface area contributed by atoms with Crippen LogP contribution >= 0.6 is 0 Å². The summed E-state index contributed by atoms with van der Waals surface area (Å²) < 4.78 is 27.0. The lowest BCUT2D eigenvalue weighted by Gasteiger charge is -2.20. The SMILES string of the molecule is CC(C)(C)NS(=O)(=O)c1ccc(NC(=O)Nc2ccccc2)cc1. The predicted molar refractivity (Wildman–Crippen MR) is 95.6 cm³/mol. The molecule has 0 aliphatic heterocycles. The molecule has 0 atom stereocenters. The molecule has 0 spiro atoms. The maximum absolute atomic E-state index is 12.2. The molecule has 0 saturated heterocycles. The number of sulfonamides is 1. The molecule has 6 nitrogen and oxygen atoms in total. The first-order chi connectivity index (χ1) is 11.2. The van der Waals surface area contributed by atoms with Gasteiger partial charge in [0.1, 0.15) is 0 Å². The van der Waals surface area contributed by atoms with Crippen molar-refractivity contribution in [2.75, 3.05) is 10.6 Å². The Balaban J connectivity index is 2.03. The van der Waals surface area contributed by atoms with Crippen LogP contribution in [0.25, 0.3) is 0 Å². The number of hydrogen-bond acceptors (Lipinski definition) is 3. The highest BCUT2D eigenvalue weighted by atomic mass is 32.2. The van der Waals surface area contributed by atoms with Gasteiger partial charge in [-0.1, -0.05) is 18.2 Å². The molecule has 0 bridgehead atoms. The van der Waals surface area contributed by atoms with Crippen LogP contribution < -0.4 is 15.4 Å². The Hall–Kier alpha value is -2.38. The Morgan fingerprint density at radius 1 is 0.833 bits per heavy atom. The van der Waals surface area contributed by atoms with E-state index >= 15 is 0 Å². The van der Waals surface area contributed by atoms with E-state index in [2.05, 4.69) is 15.4 Å². The molecule has 0 radical (unpaired) electrons. The van der Waals surface area contributed by atoms with Crippen molar-refractivity contribution in [3.05, 3.63) is 54.6 Å². The molecule has 0 aromatic heterocycles. The van der Waals surface area contributed by atoms with Crippen molar-refractivity contribution in [3.8, 4) is 0 Å². The van der Waals surface area contributed by atoms with Crippen LogP contribution in [0.3, 0.4) is 0 Å². The fraction of sp³-hybridized carbons (Fsp3) is 0.235. The third-order valence-corrected chi connectivity index (χ3v) is 4.67. The molecular formula is C17H21N3O3S. The molecule has 3 N–H and O–H groups in total. The number of carbonyl (C=O) groups excluding carboxylic acids is 1. The smallest absolute Gasteiger partial charge is 0.308 e. The summed E-state index contributed by atoms with van der Waals surface area (Å²) >= 11 is 0. The van der Waals surface area contributed by atoms with Gasteiger partial charge < -0.3 is 10.6 Å². The normalized spacial score (nSPS) is 11.8. The van der Waals surface area contributed by atoms with Gasteiger partial charge in [0, 0.05) is 16.9 Å². The Morgan fingerprint density at radius 3 is 1.83 bits per heavy atom. The minimum absolute atomic E-state index is 0.145. The summed E-state index contributed by atoms with van der Waals surface area (Å²) in [7, 11) is -3.59. The zero-order valence-electron chi connectivity index (χ0n) is 13.8. The highest BCUT2D eigenvalue weighted by molar-refractivity contribution is 7.89. The van der Waals surface area contributed by atoms with Crippen LogP contribution in [0.1, 0.15) is 20.8 Å². The lowest BCUT2D eigenvalue weighted by molar-refractivity contribution is 0.262. The molecule has 0 fully saturated rings. The number of rotatable bonds is 4. The summed E-state index contributed by atoms with van der Waals surface area (Å²) in [6.07, 6.45) is 0. The standard InChI is InChI=1S/C17H21N3O3S/c1-17(2,3)20-24(22,23)15-11-9-14(10-12-15)19-16(21)18-13-7-5-4-6-8-13/h4-12,20H,1-3H3,(H2,18,19,21). The van der Waals surface area contributed by atoms with Crippen LogP contribution in [0.2, 0.25) is 0 Å². The van der Waals surface area contributed by atoms with E-state index in [-0.39, 0.29) is 4.90 Å². The van der Waals surface area contributed by atoms with Crippen molar-refractivity contribution >= 4 is 27.4 Å². The predicted octanol–water partition coefficient (Wildman–Crippen LogP) is 3.41. The van der Waals surface area contributed by atoms with E-state index in [1.807, 2.05) is 18.2 Å². The lowest BCUT2D eigenvalue weighted by atomic mass is 10.1. The van der Waals surface area contributed by atoms with Crippen LogP contribution in [0.15, 0.2) is 59.5 Å². The lowest BCUT2D eigenvalue weighted by Crippen LogP contribution is -2.40. The summed E-state index contributed by atoms with van der Waals surface area (Å²) in [4.78, 5) is 12.0. The van der Waals surface area contributed by atoms with E-state index in [0.29, 0.717) is 11.4 Å². The molecule has 128 valence electrons. The van der Waals surface area contributed by atoms with E-state index in [0.717, 1.165) is 0 Å². The number of anilines is 2. The van der Waals surface area contributed by atoms with Gasteiger partial charge in [-0.3, -0.25) is 0 Å². The van der Waals surface area contributed by atoms with Crippen LogP contribution in [0.5, 0.6) is 0 Å². The molecule has 0 unspecified atom stereocenters. The molecule has 0 aliphatic rings. The van der Waals surface area contributed by atoms with Gasteiger partial charge in [0.2, 0.25) is 10.0 Å². The Morgan fingerprint density at radius 2 is 1.33 bits per heavy atom. The molecule has 2 aromatic carbocycles. The first-order valence-corrected chi connectivity index (χ1v) is 8.91. The summed E-state index contributed by atoms with van der Waals surface area (Å²) in [5, 5.41) is 5.34. The number of urea groups is 1. The number of carbonyl (C=O) groups is 1. The van der Waals surface area contributed by atoms with Gasteiger partial charge in [-0.25, -0.2) is 17.9 Å². The van der Waals surface area contributed by atoms with E-state index in [4.69, 9.17) is 0 Å². The molecule has 0 heterocycles. The van der Waals surface area contributed by atoms with Gasteiger partial charge >= 0.3 is 6.03 Å². The van der Waals surface area contributed by atoms with E-state index in [9.17, 15) is 13.2 Å². The van der Waals surface area contributed by atoms with E-state index in [1.54, 1.807) is 45.0 Å². The fourth-order valence-corrected chi connectivity index (χ4v) is 3.41. The summed E-state index contributed by atoms with van der Waals surface area (Å²) in [5.74, 6) is 0. The minimum Gasteiger partial charge on any atom is -0.308 e. The van der Waals surface area contributed by atoms with Gasteiger partial charge in [-0.2, -0.15) is 0 Å². The van der Waals surface area contributed by atoms with E-state index in [1.165, 1.54) is 12.1 Å². The van der Waals surface area contributed by atoms with Crippen LogP contribution in [0, 0.1) is 0 Å². The molecule has 0 saturated carbocycles. The quantitative estimate of drug-likeness (QED) is 0.792. The van der Waals surface area contributed by atoms with Gasteiger partial charge in [-0.15, -0.1) is 0 Å². The average Bonchev–Trinajstić information content (AvgIpc) is 2.46. The van der Waals surface area contributed by atoms with Crippen LogP contribution in [-0.4, -0.2) is 20.0 Å². The van der Waals surface area contributed by atoms with Crippen molar-refractivity contribution in [1.82, 2.24) is 4.72 Å². The van der Waals surface area contributed by atoms with Crippen LogP contribution in [0.4, 0.5) is 16.2 Å². The number of hydrogen-bond donors (Lipinski definition) is 3. The number of benzene rings is 2. The monoisotopic (exact) mass is 347 g/mol. The number of amides is 2. The number of para-hydroxylation sites is 1. The second-order valence-electron chi connectivity index (χ2n) is 6.33. The van der Waals surface area contributed by atoms with Gasteiger partial charge in [-0.05, 0) is 57.2 Å². The molecule has 2 rings (SSSR count). The van der Waals surface area contributed by atoms with Crippen molar-refractivity contribution < 1.29 is 13.2 Å².